The van der Waals surface area contributed by atoms with Crippen LogP contribution in [0.1, 0.15) is 40.6 Å². The number of benzene rings is 1. The predicted molar refractivity (Wildman–Crippen MR) is 76.1 cm³/mol. The average molecular weight is 305 g/mol. The van der Waals surface area contributed by atoms with E-state index in [2.05, 4.69) is 10.2 Å². The van der Waals surface area contributed by atoms with E-state index in [1.165, 1.54) is 6.07 Å². The first kappa shape index (κ1) is 14.5. The second-order valence-electron chi connectivity index (χ2n) is 5.43. The Morgan fingerprint density at radius 3 is 2.77 bits per heavy atom. The fourth-order valence-electron chi connectivity index (χ4n) is 2.76. The molecule has 1 amide bonds. The van der Waals surface area contributed by atoms with E-state index in [9.17, 15) is 14.0 Å². The van der Waals surface area contributed by atoms with Crippen LogP contribution in [0.3, 0.4) is 0 Å². The molecule has 1 aromatic heterocycles. The molecule has 1 N–H and O–H groups in total. The van der Waals surface area contributed by atoms with E-state index >= 15 is 0 Å². The van der Waals surface area contributed by atoms with Gasteiger partial charge in [-0.25, -0.2) is 14.3 Å². The van der Waals surface area contributed by atoms with Crippen molar-refractivity contribution in [2.24, 2.45) is 0 Å². The molecule has 22 heavy (non-hydrogen) atoms. The van der Waals surface area contributed by atoms with E-state index in [1.807, 2.05) is 0 Å². The van der Waals surface area contributed by atoms with Crippen LogP contribution in [0, 0.1) is 12.7 Å². The maximum absolute atomic E-state index is 13.6. The monoisotopic (exact) mass is 305 g/mol. The van der Waals surface area contributed by atoms with E-state index in [0.717, 1.165) is 0 Å². The van der Waals surface area contributed by atoms with Crippen LogP contribution in [-0.4, -0.2) is 34.1 Å². The van der Waals surface area contributed by atoms with Gasteiger partial charge in [0.2, 0.25) is 5.89 Å². The second kappa shape index (κ2) is 5.75. The first-order chi connectivity index (χ1) is 10.6. The third-order valence-corrected chi connectivity index (χ3v) is 4.08. The normalized spacial score (nSPS) is 16.0. The molecular formula is C15H16FN3O3. The lowest BCUT2D eigenvalue weighted by Gasteiger charge is -2.30. The Balaban J connectivity index is 1.69. The van der Waals surface area contributed by atoms with Crippen molar-refractivity contribution < 1.29 is 13.6 Å². The summed E-state index contributed by atoms with van der Waals surface area (Å²) >= 11 is 0. The van der Waals surface area contributed by atoms with Crippen molar-refractivity contribution in [3.63, 3.8) is 0 Å². The zero-order valence-corrected chi connectivity index (χ0v) is 12.1. The summed E-state index contributed by atoms with van der Waals surface area (Å²) < 4.78 is 18.5. The van der Waals surface area contributed by atoms with Crippen molar-refractivity contribution in [1.29, 1.82) is 0 Å². The quantitative estimate of drug-likeness (QED) is 0.918. The molecule has 0 radical (unpaired) electrons. The number of hydrogen-bond acceptors (Lipinski definition) is 4. The molecule has 0 atom stereocenters. The Kier molecular flexibility index (Phi) is 3.79. The zero-order chi connectivity index (χ0) is 15.7. The predicted octanol–water partition coefficient (Wildman–Crippen LogP) is 1.83. The van der Waals surface area contributed by atoms with Gasteiger partial charge in [-0.2, -0.15) is 0 Å². The highest BCUT2D eigenvalue weighted by Gasteiger charge is 2.28. The van der Waals surface area contributed by atoms with Gasteiger partial charge in [0.05, 0.1) is 0 Å². The molecule has 0 saturated carbocycles. The van der Waals surface area contributed by atoms with Gasteiger partial charge in [-0.1, -0.05) is 6.07 Å². The van der Waals surface area contributed by atoms with Crippen LogP contribution >= 0.6 is 0 Å². The molecular weight excluding hydrogens is 289 g/mol. The van der Waals surface area contributed by atoms with Crippen molar-refractivity contribution in [2.45, 2.75) is 25.7 Å². The van der Waals surface area contributed by atoms with Crippen LogP contribution in [0.4, 0.5) is 4.39 Å². The molecule has 0 unspecified atom stereocenters. The highest BCUT2D eigenvalue weighted by molar-refractivity contribution is 5.95. The van der Waals surface area contributed by atoms with Crippen LogP contribution in [0.15, 0.2) is 27.4 Å². The van der Waals surface area contributed by atoms with Crippen LogP contribution < -0.4 is 5.76 Å². The van der Waals surface area contributed by atoms with Gasteiger partial charge in [-0.05, 0) is 37.5 Å². The van der Waals surface area contributed by atoms with Crippen molar-refractivity contribution in [2.75, 3.05) is 13.1 Å². The molecule has 6 nitrogen and oxygen atoms in total. The lowest BCUT2D eigenvalue weighted by atomic mass is 9.96. The minimum absolute atomic E-state index is 0.0246. The van der Waals surface area contributed by atoms with E-state index in [-0.39, 0.29) is 17.6 Å². The number of aromatic nitrogens is 2. The zero-order valence-electron chi connectivity index (χ0n) is 12.1. The number of piperidine rings is 1. The third kappa shape index (κ3) is 2.66. The minimum Gasteiger partial charge on any atom is -0.392 e. The summed E-state index contributed by atoms with van der Waals surface area (Å²) in [5, 5.41) is 6.08. The maximum atomic E-state index is 13.6. The minimum atomic E-state index is -0.566. The van der Waals surface area contributed by atoms with Gasteiger partial charge in [0.15, 0.2) is 0 Å². The lowest BCUT2D eigenvalue weighted by Crippen LogP contribution is -2.38. The smallest absolute Gasteiger partial charge is 0.392 e. The number of carbonyl (C=O) groups excluding carboxylic acids is 1. The summed E-state index contributed by atoms with van der Waals surface area (Å²) in [6.07, 6.45) is 1.32. The number of carbonyl (C=O) groups is 1. The summed E-state index contributed by atoms with van der Waals surface area (Å²) in [4.78, 5) is 25.2. The number of hydrogen-bond donors (Lipinski definition) is 1. The number of amides is 1. The fourth-order valence-corrected chi connectivity index (χ4v) is 2.76. The van der Waals surface area contributed by atoms with Gasteiger partial charge in [-0.3, -0.25) is 4.79 Å². The Hall–Kier alpha value is -2.44. The standard InChI is InChI=1S/C15H16FN3O3/c1-9-11(3-2-4-12(9)16)14(20)19-7-5-10(6-8-19)13-17-18-15(21)22-13/h2-4,10H,5-8H2,1H3,(H,18,21). The first-order valence-corrected chi connectivity index (χ1v) is 7.16. The van der Waals surface area contributed by atoms with Gasteiger partial charge < -0.3 is 9.32 Å². The molecule has 0 spiro atoms. The Labute approximate surface area is 125 Å². The Morgan fingerprint density at radius 2 is 2.14 bits per heavy atom. The molecule has 7 heteroatoms. The SMILES string of the molecule is Cc1c(F)cccc1C(=O)N1CCC(c2n[nH]c(=O)o2)CC1. The van der Waals surface area contributed by atoms with Gasteiger partial charge in [0, 0.05) is 24.6 Å². The summed E-state index contributed by atoms with van der Waals surface area (Å²) in [5.41, 5.74) is 0.762. The summed E-state index contributed by atoms with van der Waals surface area (Å²) in [5.74, 6) is -0.697. The molecule has 1 aromatic carbocycles. The Bertz CT molecular complexity index is 744. The van der Waals surface area contributed by atoms with E-state index < -0.39 is 5.76 Å². The molecule has 1 fully saturated rings. The molecule has 1 aliphatic rings. The molecule has 1 aliphatic heterocycles. The number of likely N-dealkylation sites (tertiary alicyclic amines) is 1. The van der Waals surface area contributed by atoms with E-state index in [0.29, 0.717) is 42.9 Å². The largest absolute Gasteiger partial charge is 0.434 e. The molecule has 2 aromatic rings. The Morgan fingerprint density at radius 1 is 1.41 bits per heavy atom. The number of H-pyrrole nitrogens is 1. The highest BCUT2D eigenvalue weighted by Crippen LogP contribution is 2.27. The van der Waals surface area contributed by atoms with Gasteiger partial charge in [0.25, 0.3) is 5.91 Å². The number of nitrogens with one attached hydrogen (secondary N) is 1. The average Bonchev–Trinajstić information content (AvgIpc) is 2.96. The fraction of sp³-hybridized carbons (Fsp3) is 0.400. The van der Waals surface area contributed by atoms with E-state index in [1.54, 1.807) is 24.0 Å². The van der Waals surface area contributed by atoms with Crippen LogP contribution in [0.25, 0.3) is 0 Å². The first-order valence-electron chi connectivity index (χ1n) is 7.16. The molecule has 1 saturated heterocycles. The van der Waals surface area contributed by atoms with Crippen LogP contribution in [0.5, 0.6) is 0 Å². The number of halogens is 1. The number of rotatable bonds is 2. The van der Waals surface area contributed by atoms with Gasteiger partial charge in [0.1, 0.15) is 5.82 Å². The molecule has 2 heterocycles. The van der Waals surface area contributed by atoms with Gasteiger partial charge >= 0.3 is 5.76 Å². The summed E-state index contributed by atoms with van der Waals surface area (Å²) in [6, 6.07) is 4.53. The maximum Gasteiger partial charge on any atom is 0.434 e. The van der Waals surface area contributed by atoms with Crippen molar-refractivity contribution >= 4 is 5.91 Å². The lowest BCUT2D eigenvalue weighted by molar-refractivity contribution is 0.0704. The topological polar surface area (TPSA) is 79.2 Å². The highest BCUT2D eigenvalue weighted by atomic mass is 19.1. The number of aromatic amines is 1. The second-order valence-corrected chi connectivity index (χ2v) is 5.43. The van der Waals surface area contributed by atoms with Crippen LogP contribution in [0.2, 0.25) is 0 Å². The van der Waals surface area contributed by atoms with Crippen molar-refractivity contribution in [1.82, 2.24) is 15.1 Å². The summed E-state index contributed by atoms with van der Waals surface area (Å²) in [6.45, 7) is 2.65. The van der Waals surface area contributed by atoms with Crippen molar-refractivity contribution in [3.05, 3.63) is 51.6 Å². The van der Waals surface area contributed by atoms with E-state index in [4.69, 9.17) is 4.42 Å². The molecule has 116 valence electrons. The summed E-state index contributed by atoms with van der Waals surface area (Å²) in [7, 11) is 0. The molecule has 0 aliphatic carbocycles. The van der Waals surface area contributed by atoms with Crippen LogP contribution in [-0.2, 0) is 0 Å². The molecule has 0 bridgehead atoms. The third-order valence-electron chi connectivity index (χ3n) is 4.08. The van der Waals surface area contributed by atoms with Crippen molar-refractivity contribution in [3.8, 4) is 0 Å². The molecule has 3 rings (SSSR count). The number of nitrogens with zero attached hydrogens (tertiary/aromatic N) is 2. The van der Waals surface area contributed by atoms with Gasteiger partial charge in [-0.15, -0.1) is 5.10 Å².